The van der Waals surface area contributed by atoms with E-state index in [9.17, 15) is 4.79 Å². The predicted octanol–water partition coefficient (Wildman–Crippen LogP) is 0.0555. The summed E-state index contributed by atoms with van der Waals surface area (Å²) in [6.07, 6.45) is 2.82. The Morgan fingerprint density at radius 1 is 1.50 bits per heavy atom. The van der Waals surface area contributed by atoms with Crippen LogP contribution in [0.25, 0.3) is 0 Å². The van der Waals surface area contributed by atoms with Crippen LogP contribution in [0.15, 0.2) is 0 Å². The van der Waals surface area contributed by atoms with Gasteiger partial charge in [-0.25, -0.2) is 0 Å². The molecule has 1 spiro atoms. The van der Waals surface area contributed by atoms with Crippen LogP contribution in [0.2, 0.25) is 0 Å². The zero-order valence-corrected chi connectivity index (χ0v) is 5.85. The molecular formula is C7H11NO2. The number of carbonyl (C=O) groups excluding carboxylic acids is 1. The molecule has 0 aromatic heterocycles. The van der Waals surface area contributed by atoms with E-state index < -0.39 is 5.60 Å². The fourth-order valence-corrected chi connectivity index (χ4v) is 1.73. The molecule has 0 aromatic carbocycles. The van der Waals surface area contributed by atoms with Crippen LogP contribution in [0.5, 0.6) is 0 Å². The molecule has 1 atom stereocenters. The van der Waals surface area contributed by atoms with Crippen molar-refractivity contribution < 1.29 is 9.53 Å². The van der Waals surface area contributed by atoms with E-state index in [1.54, 1.807) is 0 Å². The Labute approximate surface area is 59.7 Å². The Balaban J connectivity index is 2.19. The third-order valence-electron chi connectivity index (χ3n) is 2.33. The van der Waals surface area contributed by atoms with Crippen molar-refractivity contribution in [1.82, 2.24) is 5.32 Å². The molecule has 1 unspecified atom stereocenters. The van der Waals surface area contributed by atoms with Crippen molar-refractivity contribution in [2.75, 3.05) is 13.2 Å². The van der Waals surface area contributed by atoms with Crippen LogP contribution in [0.3, 0.4) is 0 Å². The van der Waals surface area contributed by atoms with Gasteiger partial charge in [0.15, 0.2) is 0 Å². The lowest BCUT2D eigenvalue weighted by molar-refractivity contribution is -0.136. The third kappa shape index (κ3) is 0.669. The van der Waals surface area contributed by atoms with Gasteiger partial charge in [-0.1, -0.05) is 0 Å². The first-order chi connectivity index (χ1) is 4.83. The number of hydrogen-bond acceptors (Lipinski definition) is 2. The van der Waals surface area contributed by atoms with Gasteiger partial charge in [-0.3, -0.25) is 4.79 Å². The van der Waals surface area contributed by atoms with Crippen molar-refractivity contribution in [3.05, 3.63) is 0 Å². The van der Waals surface area contributed by atoms with E-state index in [2.05, 4.69) is 5.32 Å². The fraction of sp³-hybridized carbons (Fsp3) is 0.857. The lowest BCUT2D eigenvalue weighted by atomic mass is 9.99. The van der Waals surface area contributed by atoms with E-state index >= 15 is 0 Å². The molecule has 2 rings (SSSR count). The Morgan fingerprint density at radius 3 is 2.90 bits per heavy atom. The van der Waals surface area contributed by atoms with Crippen molar-refractivity contribution >= 4 is 5.91 Å². The molecule has 2 saturated heterocycles. The molecule has 3 nitrogen and oxygen atoms in total. The molecule has 0 bridgehead atoms. The summed E-state index contributed by atoms with van der Waals surface area (Å²) >= 11 is 0. The standard InChI is InChI=1S/C7H11NO2/c9-6-7(3-4-8-6)2-1-5-10-7/h1-5H2,(H,8,9). The minimum Gasteiger partial charge on any atom is -0.365 e. The summed E-state index contributed by atoms with van der Waals surface area (Å²) < 4.78 is 5.40. The van der Waals surface area contributed by atoms with Crippen molar-refractivity contribution in [2.24, 2.45) is 0 Å². The topological polar surface area (TPSA) is 38.3 Å². The molecule has 2 aliphatic heterocycles. The molecule has 56 valence electrons. The average Bonchev–Trinajstić information content (AvgIpc) is 2.48. The minimum atomic E-state index is -0.403. The highest BCUT2D eigenvalue weighted by molar-refractivity contribution is 5.87. The summed E-state index contributed by atoms with van der Waals surface area (Å²) in [5.41, 5.74) is -0.403. The molecule has 0 aromatic rings. The molecule has 3 heteroatoms. The highest BCUT2D eigenvalue weighted by Gasteiger charge is 2.45. The first kappa shape index (κ1) is 6.16. The maximum Gasteiger partial charge on any atom is 0.252 e. The van der Waals surface area contributed by atoms with Crippen molar-refractivity contribution in [1.29, 1.82) is 0 Å². The molecule has 2 aliphatic rings. The number of nitrogens with one attached hydrogen (secondary N) is 1. The number of rotatable bonds is 0. The maximum absolute atomic E-state index is 11.2. The van der Waals surface area contributed by atoms with E-state index in [-0.39, 0.29) is 5.91 Å². The van der Waals surface area contributed by atoms with Crippen molar-refractivity contribution in [3.8, 4) is 0 Å². The molecular weight excluding hydrogens is 130 g/mol. The van der Waals surface area contributed by atoms with E-state index in [4.69, 9.17) is 4.74 Å². The van der Waals surface area contributed by atoms with Gasteiger partial charge in [0.2, 0.25) is 0 Å². The van der Waals surface area contributed by atoms with Crippen LogP contribution in [0, 0.1) is 0 Å². The summed E-state index contributed by atoms with van der Waals surface area (Å²) in [5.74, 6) is 0.102. The summed E-state index contributed by atoms with van der Waals surface area (Å²) in [6.45, 7) is 1.55. The minimum absolute atomic E-state index is 0.102. The smallest absolute Gasteiger partial charge is 0.252 e. The average molecular weight is 141 g/mol. The number of ether oxygens (including phenoxy) is 1. The quantitative estimate of drug-likeness (QED) is 0.518. The van der Waals surface area contributed by atoms with E-state index in [1.807, 2.05) is 0 Å². The van der Waals surface area contributed by atoms with E-state index in [0.717, 1.165) is 32.4 Å². The van der Waals surface area contributed by atoms with Gasteiger partial charge >= 0.3 is 0 Å². The lowest BCUT2D eigenvalue weighted by Gasteiger charge is -2.17. The van der Waals surface area contributed by atoms with Gasteiger partial charge < -0.3 is 10.1 Å². The second-order valence-corrected chi connectivity index (χ2v) is 2.95. The van der Waals surface area contributed by atoms with Crippen molar-refractivity contribution in [2.45, 2.75) is 24.9 Å². The normalized spacial score (nSPS) is 39.0. The van der Waals surface area contributed by atoms with Gasteiger partial charge in [0, 0.05) is 19.6 Å². The Morgan fingerprint density at radius 2 is 2.40 bits per heavy atom. The Hall–Kier alpha value is -0.570. The molecule has 0 radical (unpaired) electrons. The number of hydrogen-bond donors (Lipinski definition) is 1. The molecule has 2 fully saturated rings. The van der Waals surface area contributed by atoms with Gasteiger partial charge in [0.05, 0.1) is 0 Å². The Bertz CT molecular complexity index is 155. The summed E-state index contributed by atoms with van der Waals surface area (Å²) in [5, 5.41) is 2.79. The van der Waals surface area contributed by atoms with E-state index in [0.29, 0.717) is 0 Å². The van der Waals surface area contributed by atoms with E-state index in [1.165, 1.54) is 0 Å². The first-order valence-electron chi connectivity index (χ1n) is 3.76. The number of carbonyl (C=O) groups is 1. The summed E-state index contributed by atoms with van der Waals surface area (Å²) in [7, 11) is 0. The molecule has 0 saturated carbocycles. The van der Waals surface area contributed by atoms with Gasteiger partial charge in [-0.2, -0.15) is 0 Å². The Kier molecular flexibility index (Phi) is 1.20. The first-order valence-corrected chi connectivity index (χ1v) is 3.76. The molecule has 2 heterocycles. The largest absolute Gasteiger partial charge is 0.365 e. The predicted molar refractivity (Wildman–Crippen MR) is 35.5 cm³/mol. The fourth-order valence-electron chi connectivity index (χ4n) is 1.73. The maximum atomic E-state index is 11.2. The van der Waals surface area contributed by atoms with Crippen LogP contribution in [0.1, 0.15) is 19.3 Å². The SMILES string of the molecule is O=C1NCCC12CCCO2. The zero-order valence-electron chi connectivity index (χ0n) is 5.85. The lowest BCUT2D eigenvalue weighted by Crippen LogP contribution is -2.36. The summed E-state index contributed by atoms with van der Waals surface area (Å²) in [6, 6.07) is 0. The van der Waals surface area contributed by atoms with Gasteiger partial charge in [0.25, 0.3) is 5.91 Å². The van der Waals surface area contributed by atoms with Crippen LogP contribution in [0.4, 0.5) is 0 Å². The second kappa shape index (κ2) is 1.95. The second-order valence-electron chi connectivity index (χ2n) is 2.95. The van der Waals surface area contributed by atoms with Crippen LogP contribution in [-0.2, 0) is 9.53 Å². The van der Waals surface area contributed by atoms with Crippen LogP contribution < -0.4 is 5.32 Å². The molecule has 1 N–H and O–H groups in total. The van der Waals surface area contributed by atoms with Crippen LogP contribution >= 0.6 is 0 Å². The third-order valence-corrected chi connectivity index (χ3v) is 2.33. The highest BCUT2D eigenvalue weighted by Crippen LogP contribution is 2.31. The van der Waals surface area contributed by atoms with Gasteiger partial charge in [-0.05, 0) is 12.8 Å². The molecule has 1 amide bonds. The highest BCUT2D eigenvalue weighted by atomic mass is 16.5. The summed E-state index contributed by atoms with van der Waals surface area (Å²) in [4.78, 5) is 11.2. The van der Waals surface area contributed by atoms with Crippen molar-refractivity contribution in [3.63, 3.8) is 0 Å². The zero-order chi connectivity index (χ0) is 7.03. The van der Waals surface area contributed by atoms with Crippen LogP contribution in [-0.4, -0.2) is 24.7 Å². The van der Waals surface area contributed by atoms with Gasteiger partial charge in [-0.15, -0.1) is 0 Å². The van der Waals surface area contributed by atoms with Gasteiger partial charge in [0.1, 0.15) is 5.60 Å². The number of amides is 1. The monoisotopic (exact) mass is 141 g/mol. The molecule has 0 aliphatic carbocycles. The molecule has 10 heavy (non-hydrogen) atoms.